The monoisotopic (exact) mass is 262 g/mol. The van der Waals surface area contributed by atoms with Crippen LogP contribution in [0.3, 0.4) is 0 Å². The van der Waals surface area contributed by atoms with E-state index in [1.165, 1.54) is 0 Å². The SMILES string of the molecule is CC1CC(Nc2cc(N)ccc2C(N)=O)CCN1C. The number of nitrogens with one attached hydrogen (secondary N) is 1. The summed E-state index contributed by atoms with van der Waals surface area (Å²) in [7, 11) is 2.14. The van der Waals surface area contributed by atoms with Crippen molar-refractivity contribution in [1.29, 1.82) is 0 Å². The number of amides is 1. The zero-order chi connectivity index (χ0) is 14.0. The summed E-state index contributed by atoms with van der Waals surface area (Å²) in [5.41, 5.74) is 13.1. The van der Waals surface area contributed by atoms with Gasteiger partial charge in [0.05, 0.1) is 5.56 Å². The van der Waals surface area contributed by atoms with Gasteiger partial charge < -0.3 is 21.7 Å². The Morgan fingerprint density at radius 1 is 1.47 bits per heavy atom. The molecule has 1 aliphatic heterocycles. The lowest BCUT2D eigenvalue weighted by atomic mass is 9.98. The van der Waals surface area contributed by atoms with Gasteiger partial charge >= 0.3 is 0 Å². The van der Waals surface area contributed by atoms with E-state index in [1.54, 1.807) is 18.2 Å². The number of nitrogens with zero attached hydrogens (tertiary/aromatic N) is 1. The number of piperidine rings is 1. The van der Waals surface area contributed by atoms with Crippen molar-refractivity contribution in [3.8, 4) is 0 Å². The first-order valence-electron chi connectivity index (χ1n) is 6.63. The maximum absolute atomic E-state index is 11.4. The quantitative estimate of drug-likeness (QED) is 0.716. The molecule has 1 amide bonds. The molecule has 5 N–H and O–H groups in total. The highest BCUT2D eigenvalue weighted by molar-refractivity contribution is 5.99. The van der Waals surface area contributed by atoms with Gasteiger partial charge in [0, 0.05) is 30.0 Å². The van der Waals surface area contributed by atoms with Crippen molar-refractivity contribution in [2.45, 2.75) is 31.8 Å². The lowest BCUT2D eigenvalue weighted by molar-refractivity contribution is 0.100. The molecular weight excluding hydrogens is 240 g/mol. The Morgan fingerprint density at radius 3 is 2.84 bits per heavy atom. The number of carbonyl (C=O) groups is 1. The van der Waals surface area contributed by atoms with Crippen LogP contribution in [0.4, 0.5) is 11.4 Å². The molecule has 5 nitrogen and oxygen atoms in total. The summed E-state index contributed by atoms with van der Waals surface area (Å²) in [6.07, 6.45) is 2.09. The van der Waals surface area contributed by atoms with Gasteiger partial charge in [0.2, 0.25) is 0 Å². The van der Waals surface area contributed by atoms with Crippen molar-refractivity contribution >= 4 is 17.3 Å². The third-order valence-electron chi connectivity index (χ3n) is 3.88. The first-order valence-corrected chi connectivity index (χ1v) is 6.63. The average molecular weight is 262 g/mol. The van der Waals surface area contributed by atoms with Crippen LogP contribution in [0.5, 0.6) is 0 Å². The molecule has 1 aliphatic rings. The zero-order valence-corrected chi connectivity index (χ0v) is 11.5. The van der Waals surface area contributed by atoms with Crippen LogP contribution in [0.25, 0.3) is 0 Å². The molecule has 0 spiro atoms. The normalized spacial score (nSPS) is 24.1. The molecular formula is C14H22N4O. The van der Waals surface area contributed by atoms with Crippen LogP contribution in [-0.2, 0) is 0 Å². The lowest BCUT2D eigenvalue weighted by Crippen LogP contribution is -2.42. The number of rotatable bonds is 3. The number of nitrogen functional groups attached to an aromatic ring is 1. The Labute approximate surface area is 113 Å². The Hall–Kier alpha value is -1.75. The van der Waals surface area contributed by atoms with Crippen molar-refractivity contribution in [3.05, 3.63) is 23.8 Å². The van der Waals surface area contributed by atoms with Crippen molar-refractivity contribution in [3.63, 3.8) is 0 Å². The van der Waals surface area contributed by atoms with E-state index in [-0.39, 0.29) is 0 Å². The van der Waals surface area contributed by atoms with E-state index in [9.17, 15) is 4.79 Å². The molecule has 1 saturated heterocycles. The number of anilines is 2. The van der Waals surface area contributed by atoms with Gasteiger partial charge in [-0.1, -0.05) is 0 Å². The van der Waals surface area contributed by atoms with E-state index in [4.69, 9.17) is 11.5 Å². The number of primary amides is 1. The minimum atomic E-state index is -0.427. The van der Waals surface area contributed by atoms with Gasteiger partial charge in [-0.25, -0.2) is 0 Å². The average Bonchev–Trinajstić information content (AvgIpc) is 2.33. The number of carbonyl (C=O) groups excluding carboxylic acids is 1. The van der Waals surface area contributed by atoms with Gasteiger partial charge in [0.15, 0.2) is 0 Å². The smallest absolute Gasteiger partial charge is 0.250 e. The first-order chi connectivity index (χ1) is 8.97. The fourth-order valence-electron chi connectivity index (χ4n) is 2.54. The Balaban J connectivity index is 2.14. The predicted molar refractivity (Wildman–Crippen MR) is 78.1 cm³/mol. The predicted octanol–water partition coefficient (Wildman–Crippen LogP) is 1.26. The maximum atomic E-state index is 11.4. The lowest BCUT2D eigenvalue weighted by Gasteiger charge is -2.36. The van der Waals surface area contributed by atoms with Gasteiger partial charge in [-0.2, -0.15) is 0 Å². The Morgan fingerprint density at radius 2 is 2.21 bits per heavy atom. The summed E-state index contributed by atoms with van der Waals surface area (Å²) in [4.78, 5) is 13.8. The summed E-state index contributed by atoms with van der Waals surface area (Å²) in [5, 5.41) is 3.42. The Bertz CT molecular complexity index is 475. The van der Waals surface area contributed by atoms with Crippen LogP contribution < -0.4 is 16.8 Å². The standard InChI is InChI=1S/C14H22N4O/c1-9-7-11(5-6-18(9)2)17-13-8-10(15)3-4-12(13)14(16)19/h3-4,8-9,11,17H,5-7,15H2,1-2H3,(H2,16,19). The van der Waals surface area contributed by atoms with Crippen molar-refractivity contribution in [2.24, 2.45) is 5.73 Å². The first kappa shape index (κ1) is 13.7. The molecule has 1 heterocycles. The van der Waals surface area contributed by atoms with E-state index in [0.717, 1.165) is 25.1 Å². The second-order valence-electron chi connectivity index (χ2n) is 5.36. The van der Waals surface area contributed by atoms with Crippen LogP contribution >= 0.6 is 0 Å². The van der Waals surface area contributed by atoms with Crippen molar-refractivity contribution in [2.75, 3.05) is 24.6 Å². The van der Waals surface area contributed by atoms with E-state index >= 15 is 0 Å². The number of hydrogen-bond acceptors (Lipinski definition) is 4. The summed E-state index contributed by atoms with van der Waals surface area (Å²) < 4.78 is 0. The molecule has 0 radical (unpaired) electrons. The van der Waals surface area contributed by atoms with Crippen LogP contribution in [-0.4, -0.2) is 36.5 Å². The summed E-state index contributed by atoms with van der Waals surface area (Å²) in [5.74, 6) is -0.427. The molecule has 19 heavy (non-hydrogen) atoms. The highest BCUT2D eigenvalue weighted by atomic mass is 16.1. The second-order valence-corrected chi connectivity index (χ2v) is 5.36. The van der Waals surface area contributed by atoms with Gasteiger partial charge in [-0.3, -0.25) is 4.79 Å². The third-order valence-corrected chi connectivity index (χ3v) is 3.88. The summed E-state index contributed by atoms with van der Waals surface area (Å²) in [6.45, 7) is 3.26. The molecule has 2 atom stereocenters. The molecule has 1 aromatic carbocycles. The molecule has 1 fully saturated rings. The van der Waals surface area contributed by atoms with E-state index in [0.29, 0.717) is 23.3 Å². The fourth-order valence-corrected chi connectivity index (χ4v) is 2.54. The van der Waals surface area contributed by atoms with Gasteiger partial charge in [-0.15, -0.1) is 0 Å². The van der Waals surface area contributed by atoms with E-state index in [1.807, 2.05) is 0 Å². The highest BCUT2D eigenvalue weighted by Gasteiger charge is 2.23. The molecule has 2 unspecified atom stereocenters. The van der Waals surface area contributed by atoms with Crippen molar-refractivity contribution in [1.82, 2.24) is 4.90 Å². The molecule has 1 aromatic rings. The molecule has 0 saturated carbocycles. The fraction of sp³-hybridized carbons (Fsp3) is 0.500. The van der Waals surface area contributed by atoms with Gasteiger partial charge in [-0.05, 0) is 45.0 Å². The third kappa shape index (κ3) is 3.17. The van der Waals surface area contributed by atoms with Crippen LogP contribution in [0, 0.1) is 0 Å². The molecule has 0 bridgehead atoms. The van der Waals surface area contributed by atoms with Crippen LogP contribution in [0.2, 0.25) is 0 Å². The van der Waals surface area contributed by atoms with Crippen LogP contribution in [0.15, 0.2) is 18.2 Å². The second kappa shape index (κ2) is 5.48. The van der Waals surface area contributed by atoms with Gasteiger partial charge in [0.25, 0.3) is 5.91 Å². The van der Waals surface area contributed by atoms with E-state index in [2.05, 4.69) is 24.2 Å². The van der Waals surface area contributed by atoms with Crippen molar-refractivity contribution < 1.29 is 4.79 Å². The zero-order valence-electron chi connectivity index (χ0n) is 11.5. The maximum Gasteiger partial charge on any atom is 0.250 e. The number of benzene rings is 1. The largest absolute Gasteiger partial charge is 0.399 e. The molecule has 0 aromatic heterocycles. The summed E-state index contributed by atoms with van der Waals surface area (Å²) in [6, 6.07) is 6.04. The minimum absolute atomic E-state index is 0.353. The number of hydrogen-bond donors (Lipinski definition) is 3. The Kier molecular flexibility index (Phi) is 3.95. The highest BCUT2D eigenvalue weighted by Crippen LogP contribution is 2.24. The summed E-state index contributed by atoms with van der Waals surface area (Å²) >= 11 is 0. The van der Waals surface area contributed by atoms with Crippen LogP contribution in [0.1, 0.15) is 30.1 Å². The van der Waals surface area contributed by atoms with Gasteiger partial charge in [0.1, 0.15) is 0 Å². The molecule has 104 valence electrons. The molecule has 0 aliphatic carbocycles. The van der Waals surface area contributed by atoms with E-state index < -0.39 is 5.91 Å². The molecule has 5 heteroatoms. The topological polar surface area (TPSA) is 84.4 Å². The number of likely N-dealkylation sites (tertiary alicyclic amines) is 1. The number of nitrogens with two attached hydrogens (primary N) is 2. The minimum Gasteiger partial charge on any atom is -0.399 e. The molecule has 2 rings (SSSR count).